The molecule has 0 radical (unpaired) electrons. The molecule has 16 N–H and O–H groups in total. The third-order valence-electron chi connectivity index (χ3n) is 12.7. The number of guanidine groups is 1. The number of aromatic hydroxyl groups is 1. The highest BCUT2D eigenvalue weighted by molar-refractivity contribution is 5.99. The van der Waals surface area contributed by atoms with E-state index in [4.69, 9.17) is 28.7 Å². The molecule has 0 aliphatic carbocycles. The van der Waals surface area contributed by atoms with Gasteiger partial charge in [-0.25, -0.2) is 0 Å². The van der Waals surface area contributed by atoms with Crippen LogP contribution in [0.3, 0.4) is 0 Å². The van der Waals surface area contributed by atoms with Crippen LogP contribution in [0.15, 0.2) is 59.6 Å². The first-order chi connectivity index (χ1) is 35.2. The van der Waals surface area contributed by atoms with Gasteiger partial charge in [0.05, 0.1) is 18.5 Å². The largest absolute Gasteiger partial charge is 0.508 e. The van der Waals surface area contributed by atoms with E-state index in [0.717, 1.165) is 0 Å². The molecule has 4 rings (SSSR count). The lowest BCUT2D eigenvalue weighted by Crippen LogP contribution is -2.59. The number of hydrogen-bond acceptors (Lipinski definition) is 13. The molecule has 402 valence electrons. The van der Waals surface area contributed by atoms with E-state index in [2.05, 4.69) is 31.6 Å². The fourth-order valence-electron chi connectivity index (χ4n) is 8.80. The number of nitrogens with zero attached hydrogens (tertiary/aromatic N) is 2. The Labute approximate surface area is 428 Å². The van der Waals surface area contributed by atoms with E-state index in [1.165, 1.54) is 17.0 Å². The quantitative estimate of drug-likeness (QED) is 0.0395. The Morgan fingerprint density at radius 2 is 1.35 bits per heavy atom. The minimum absolute atomic E-state index is 0.000113. The van der Waals surface area contributed by atoms with Gasteiger partial charge in [0.2, 0.25) is 53.2 Å². The molecule has 2 heterocycles. The maximum atomic E-state index is 14.6. The molecule has 0 aromatic heterocycles. The Morgan fingerprint density at radius 3 is 2.01 bits per heavy atom. The van der Waals surface area contributed by atoms with Crippen molar-refractivity contribution in [1.82, 2.24) is 31.5 Å². The number of primary amides is 3. The number of carbonyl (C=O) groups is 11. The molecular weight excluding hydrogens is 961 g/mol. The van der Waals surface area contributed by atoms with Crippen LogP contribution >= 0.6 is 0 Å². The number of phenols is 1. The van der Waals surface area contributed by atoms with Crippen molar-refractivity contribution in [3.8, 4) is 5.75 Å². The van der Waals surface area contributed by atoms with Crippen LogP contribution in [0.5, 0.6) is 5.75 Å². The van der Waals surface area contributed by atoms with Crippen molar-refractivity contribution in [2.75, 3.05) is 13.1 Å². The zero-order chi connectivity index (χ0) is 54.3. The van der Waals surface area contributed by atoms with Gasteiger partial charge < -0.3 is 65.3 Å². The molecule has 0 spiro atoms. The van der Waals surface area contributed by atoms with Crippen LogP contribution in [0.1, 0.15) is 107 Å². The van der Waals surface area contributed by atoms with Gasteiger partial charge in [0.1, 0.15) is 29.9 Å². The zero-order valence-electron chi connectivity index (χ0n) is 41.4. The number of hydrogen-bond donors (Lipinski definition) is 11. The number of likely N-dealkylation sites (tertiary alicyclic amines) is 1. The number of ketones is 2. The van der Waals surface area contributed by atoms with Gasteiger partial charge >= 0.3 is 0 Å². The van der Waals surface area contributed by atoms with Gasteiger partial charge in [0.15, 0.2) is 17.5 Å². The van der Waals surface area contributed by atoms with E-state index in [1.54, 1.807) is 42.5 Å². The average Bonchev–Trinajstić information content (AvgIpc) is 3.85. The summed E-state index contributed by atoms with van der Waals surface area (Å²) in [4.78, 5) is 154. The van der Waals surface area contributed by atoms with Gasteiger partial charge in [0, 0.05) is 51.1 Å². The number of Topliss-reactive ketones (excluding diaryl/α,β-unsaturated/α-hetero) is 2. The summed E-state index contributed by atoms with van der Waals surface area (Å²) in [5.74, 6) is -9.68. The number of carbonyl (C=O) groups excluding carboxylic acids is 11. The van der Waals surface area contributed by atoms with Gasteiger partial charge in [-0.15, -0.1) is 0 Å². The SMILES string of the molecule is NC(=O)CCC(=O)[C@H](CCCN=C(N)N)NC(=O)[C@@H]1CCCN1C(=O)[C@@H]1CCCCCC(=O)N[C@@H](Cc2ccc(O)cc2)C(=O)C[C@@H](Cc2ccccc2)C(=O)N[C@@H](CCC(N)=O)C(=O)N[C@@H](CC(N)=O)C(=O)N1. The fourth-order valence-corrected chi connectivity index (χ4v) is 8.80. The van der Waals surface area contributed by atoms with Crippen LogP contribution < -0.4 is 55.3 Å². The van der Waals surface area contributed by atoms with E-state index in [0.29, 0.717) is 24.0 Å². The second-order valence-electron chi connectivity index (χ2n) is 18.6. The maximum absolute atomic E-state index is 14.6. The molecular formula is C50H70N12O12. The predicted molar refractivity (Wildman–Crippen MR) is 268 cm³/mol. The van der Waals surface area contributed by atoms with Crippen molar-refractivity contribution >= 4 is 70.7 Å². The molecule has 0 saturated carbocycles. The first-order valence-electron chi connectivity index (χ1n) is 24.8. The molecule has 0 bridgehead atoms. The number of rotatable bonds is 20. The topological polar surface area (TPSA) is 414 Å². The minimum atomic E-state index is -1.73. The molecule has 2 saturated heterocycles. The second kappa shape index (κ2) is 29.6. The van der Waals surface area contributed by atoms with Gasteiger partial charge in [-0.3, -0.25) is 57.7 Å². The van der Waals surface area contributed by atoms with Crippen LogP contribution in [0.25, 0.3) is 0 Å². The average molecular weight is 1030 g/mol. The molecule has 2 aromatic carbocycles. The third kappa shape index (κ3) is 19.9. The molecule has 24 nitrogen and oxygen atoms in total. The van der Waals surface area contributed by atoms with Crippen molar-refractivity contribution < 1.29 is 57.8 Å². The van der Waals surface area contributed by atoms with Crippen molar-refractivity contribution in [3.63, 3.8) is 0 Å². The summed E-state index contributed by atoms with van der Waals surface area (Å²) in [7, 11) is 0. The normalized spacial score (nSPS) is 21.9. The molecule has 7 atom stereocenters. The highest BCUT2D eigenvalue weighted by Crippen LogP contribution is 2.23. The Morgan fingerprint density at radius 1 is 0.689 bits per heavy atom. The summed E-state index contributed by atoms with van der Waals surface area (Å²) in [6.45, 7) is 0.195. The second-order valence-corrected chi connectivity index (χ2v) is 18.6. The van der Waals surface area contributed by atoms with Crippen LogP contribution in [0.2, 0.25) is 0 Å². The van der Waals surface area contributed by atoms with E-state index < -0.39 is 126 Å². The Hall–Kier alpha value is -7.92. The first-order valence-corrected chi connectivity index (χ1v) is 24.8. The Bertz CT molecular complexity index is 2360. The Kier molecular flexibility index (Phi) is 23.4. The van der Waals surface area contributed by atoms with E-state index in [1.807, 2.05) is 0 Å². The van der Waals surface area contributed by atoms with Gasteiger partial charge in [-0.1, -0.05) is 55.3 Å². The summed E-state index contributed by atoms with van der Waals surface area (Å²) in [5, 5.41) is 23.1. The number of nitrogens with two attached hydrogens (primary N) is 5. The number of aliphatic imine (C=N–C) groups is 1. The molecule has 0 unspecified atom stereocenters. The van der Waals surface area contributed by atoms with Crippen molar-refractivity contribution in [1.29, 1.82) is 0 Å². The van der Waals surface area contributed by atoms with Crippen molar-refractivity contribution in [2.24, 2.45) is 39.6 Å². The number of benzene rings is 2. The van der Waals surface area contributed by atoms with Crippen LogP contribution in [0.4, 0.5) is 0 Å². The lowest BCUT2D eigenvalue weighted by atomic mass is 9.89. The van der Waals surface area contributed by atoms with E-state index in [-0.39, 0.29) is 102 Å². The zero-order valence-corrected chi connectivity index (χ0v) is 41.4. The molecule has 2 aliphatic rings. The van der Waals surface area contributed by atoms with Crippen molar-refractivity contribution in [2.45, 2.75) is 145 Å². The highest BCUT2D eigenvalue weighted by Gasteiger charge is 2.40. The molecule has 9 amide bonds. The number of amides is 9. The molecule has 2 aliphatic heterocycles. The van der Waals surface area contributed by atoms with Crippen molar-refractivity contribution in [3.05, 3.63) is 65.7 Å². The number of nitrogens with one attached hydrogen (secondary N) is 5. The fraction of sp³-hybridized carbons (Fsp3) is 0.520. The van der Waals surface area contributed by atoms with E-state index in [9.17, 15) is 57.8 Å². The van der Waals surface area contributed by atoms with Gasteiger partial charge in [0.25, 0.3) is 0 Å². The standard InChI is InChI=1S/C50H70N12O12/c51-41(66)21-19-34-46(71)61-37(28-43(53)68)47(72)60-35(49(74)62-24-8-13-38(62)48(73)58-33(12-7-23-56-50(54)55)39(64)20-22-42(52)67)11-5-2-6-14-44(69)57-36(26-30-15-17-32(63)18-16-30)40(65)27-31(45(70)59-34)25-29-9-3-1-4-10-29/h1,3-4,9-10,15-18,31,33-38,63H,2,5-8,11-14,19-28H2,(H2,51,66)(H2,52,67)(H2,53,68)(H,57,69)(H,58,73)(H,59,70)(H,60,72)(H,61,71)(H4,54,55,56)/t31-,33+,34+,35+,36+,37+,38+/m1/s1. The molecule has 24 heteroatoms. The lowest BCUT2D eigenvalue weighted by Gasteiger charge is -2.31. The van der Waals surface area contributed by atoms with Crippen LogP contribution in [-0.4, -0.2) is 130 Å². The summed E-state index contributed by atoms with van der Waals surface area (Å²) >= 11 is 0. The smallest absolute Gasteiger partial charge is 0.245 e. The van der Waals surface area contributed by atoms with Crippen LogP contribution in [0, 0.1) is 5.92 Å². The minimum Gasteiger partial charge on any atom is -0.508 e. The summed E-state index contributed by atoms with van der Waals surface area (Å²) in [6, 6.07) is 6.71. The number of phenolic OH excluding ortho intramolecular Hbond substituents is 1. The first kappa shape index (κ1) is 58.6. The maximum Gasteiger partial charge on any atom is 0.245 e. The third-order valence-corrected chi connectivity index (χ3v) is 12.7. The summed E-state index contributed by atoms with van der Waals surface area (Å²) in [5.41, 5.74) is 28.4. The molecule has 74 heavy (non-hydrogen) atoms. The van der Waals surface area contributed by atoms with E-state index >= 15 is 0 Å². The molecule has 2 aromatic rings. The predicted octanol–water partition coefficient (Wildman–Crippen LogP) is -1.84. The van der Waals surface area contributed by atoms with Crippen LogP contribution in [-0.2, 0) is 65.6 Å². The highest BCUT2D eigenvalue weighted by atomic mass is 16.3. The van der Waals surface area contributed by atoms with Gasteiger partial charge in [-0.2, -0.15) is 0 Å². The van der Waals surface area contributed by atoms with Gasteiger partial charge in [-0.05, 0) is 81.0 Å². The monoisotopic (exact) mass is 1030 g/mol. The summed E-state index contributed by atoms with van der Waals surface area (Å²) < 4.78 is 0. The molecule has 2 fully saturated rings. The lowest BCUT2D eigenvalue weighted by molar-refractivity contribution is -0.143. The summed E-state index contributed by atoms with van der Waals surface area (Å²) in [6.07, 6.45) is -0.955. The Balaban J connectivity index is 1.68.